The molecule has 0 aromatic rings. The predicted octanol–water partition coefficient (Wildman–Crippen LogP) is 1.81. The molecular weight excluding hydrogens is 183 g/mol. The number of carbonyl (C=O) groups excluding carboxylic acids is 1. The van der Waals surface area contributed by atoms with Crippen molar-refractivity contribution in [1.29, 1.82) is 0 Å². The number of alkyl halides is 3. The lowest BCUT2D eigenvalue weighted by Crippen LogP contribution is -2.45. The molecule has 1 aliphatic rings. The van der Waals surface area contributed by atoms with E-state index in [0.29, 0.717) is 6.42 Å². The summed E-state index contributed by atoms with van der Waals surface area (Å²) in [5.74, 6) is -1.51. The third-order valence-corrected chi connectivity index (χ3v) is 2.19. The van der Waals surface area contributed by atoms with Crippen molar-refractivity contribution >= 4 is 5.91 Å². The summed E-state index contributed by atoms with van der Waals surface area (Å²) >= 11 is 0. The molecule has 1 heterocycles. The van der Waals surface area contributed by atoms with E-state index >= 15 is 0 Å². The molecular formula is C8H12F3NO. The fraction of sp³-hybridized carbons (Fsp3) is 0.875. The van der Waals surface area contributed by atoms with Gasteiger partial charge >= 0.3 is 12.1 Å². The first kappa shape index (κ1) is 10.3. The van der Waals surface area contributed by atoms with Crippen molar-refractivity contribution in [1.82, 2.24) is 4.90 Å². The molecule has 0 bridgehead atoms. The summed E-state index contributed by atoms with van der Waals surface area (Å²) in [6.07, 6.45) is -3.14. The summed E-state index contributed by atoms with van der Waals surface area (Å²) in [5, 5.41) is 0. The number of carbonyl (C=O) groups is 1. The third-order valence-electron chi connectivity index (χ3n) is 2.19. The zero-order valence-corrected chi connectivity index (χ0v) is 7.40. The van der Waals surface area contributed by atoms with Crippen LogP contribution in [0.1, 0.15) is 19.8 Å². The summed E-state index contributed by atoms with van der Waals surface area (Å²) < 4.78 is 35.9. The number of halogens is 3. The number of amides is 1. The Hall–Kier alpha value is -0.740. The molecule has 2 nitrogen and oxygen atoms in total. The van der Waals surface area contributed by atoms with Crippen LogP contribution in [0.25, 0.3) is 0 Å². The van der Waals surface area contributed by atoms with Crippen LogP contribution < -0.4 is 0 Å². The van der Waals surface area contributed by atoms with E-state index in [0.717, 1.165) is 11.3 Å². The van der Waals surface area contributed by atoms with Crippen molar-refractivity contribution in [3.63, 3.8) is 0 Å². The van der Waals surface area contributed by atoms with Gasteiger partial charge in [-0.1, -0.05) is 6.92 Å². The van der Waals surface area contributed by atoms with Gasteiger partial charge in [-0.25, -0.2) is 0 Å². The Kier molecular flexibility index (Phi) is 2.83. The second-order valence-electron chi connectivity index (χ2n) is 3.50. The Labute approximate surface area is 74.7 Å². The van der Waals surface area contributed by atoms with Crippen molar-refractivity contribution in [2.24, 2.45) is 5.92 Å². The molecule has 1 rings (SSSR count). The number of nitrogens with zero attached hydrogens (tertiary/aromatic N) is 1. The van der Waals surface area contributed by atoms with Crippen LogP contribution in [0.4, 0.5) is 13.2 Å². The molecule has 0 aromatic heterocycles. The van der Waals surface area contributed by atoms with Crippen LogP contribution in [0.15, 0.2) is 0 Å². The highest BCUT2D eigenvalue weighted by molar-refractivity contribution is 5.81. The first-order valence-corrected chi connectivity index (χ1v) is 4.27. The van der Waals surface area contributed by atoms with E-state index in [1.165, 1.54) is 0 Å². The Morgan fingerprint density at radius 2 is 2.08 bits per heavy atom. The van der Waals surface area contributed by atoms with Gasteiger partial charge in [-0.05, 0) is 18.8 Å². The van der Waals surface area contributed by atoms with Crippen LogP contribution >= 0.6 is 0 Å². The second-order valence-corrected chi connectivity index (χ2v) is 3.50. The lowest BCUT2D eigenvalue weighted by atomic mass is 10.0. The van der Waals surface area contributed by atoms with Crippen molar-refractivity contribution in [2.75, 3.05) is 13.1 Å². The van der Waals surface area contributed by atoms with Crippen LogP contribution in [0.3, 0.4) is 0 Å². The number of hydrogen-bond acceptors (Lipinski definition) is 1. The minimum Gasteiger partial charge on any atom is -0.335 e. The molecule has 1 fully saturated rings. The Morgan fingerprint density at radius 1 is 1.46 bits per heavy atom. The maximum atomic E-state index is 12.0. The maximum Gasteiger partial charge on any atom is 0.471 e. The molecule has 1 saturated heterocycles. The van der Waals surface area contributed by atoms with E-state index in [9.17, 15) is 18.0 Å². The Morgan fingerprint density at radius 3 is 2.54 bits per heavy atom. The van der Waals surface area contributed by atoms with Crippen molar-refractivity contribution in [3.05, 3.63) is 0 Å². The minimum absolute atomic E-state index is 0.181. The van der Waals surface area contributed by atoms with E-state index in [4.69, 9.17) is 0 Å². The summed E-state index contributed by atoms with van der Waals surface area (Å²) in [6, 6.07) is 0. The van der Waals surface area contributed by atoms with Gasteiger partial charge in [0.2, 0.25) is 0 Å². The monoisotopic (exact) mass is 195 g/mol. The van der Waals surface area contributed by atoms with Crippen LogP contribution in [-0.2, 0) is 4.79 Å². The quantitative estimate of drug-likeness (QED) is 0.577. The Bertz CT molecular complexity index is 202. The van der Waals surface area contributed by atoms with Gasteiger partial charge in [0.15, 0.2) is 0 Å². The second kappa shape index (κ2) is 3.55. The van der Waals surface area contributed by atoms with E-state index in [1.54, 1.807) is 0 Å². The summed E-state index contributed by atoms with van der Waals surface area (Å²) in [7, 11) is 0. The van der Waals surface area contributed by atoms with Gasteiger partial charge in [0.25, 0.3) is 0 Å². The predicted molar refractivity (Wildman–Crippen MR) is 41.0 cm³/mol. The zero-order valence-electron chi connectivity index (χ0n) is 7.40. The average Bonchev–Trinajstić information content (AvgIpc) is 2.01. The lowest BCUT2D eigenvalue weighted by Gasteiger charge is -2.31. The molecule has 13 heavy (non-hydrogen) atoms. The van der Waals surface area contributed by atoms with Gasteiger partial charge in [0, 0.05) is 13.1 Å². The largest absolute Gasteiger partial charge is 0.471 e. The van der Waals surface area contributed by atoms with Crippen molar-refractivity contribution < 1.29 is 18.0 Å². The summed E-state index contributed by atoms with van der Waals surface area (Å²) in [5.41, 5.74) is 0. The van der Waals surface area contributed by atoms with Gasteiger partial charge in [0.1, 0.15) is 0 Å². The Balaban J connectivity index is 2.56. The van der Waals surface area contributed by atoms with Crippen molar-refractivity contribution in [3.8, 4) is 0 Å². The van der Waals surface area contributed by atoms with Crippen LogP contribution in [-0.4, -0.2) is 30.1 Å². The fourth-order valence-electron chi connectivity index (χ4n) is 1.55. The zero-order chi connectivity index (χ0) is 10.1. The standard InChI is InChI=1S/C8H12F3NO/c1-6-3-2-4-12(5-6)7(13)8(9,10)11/h6H,2-5H2,1H3/t6-/m0/s1. The summed E-state index contributed by atoms with van der Waals surface area (Å²) in [4.78, 5) is 11.7. The molecule has 0 spiro atoms. The molecule has 1 amide bonds. The lowest BCUT2D eigenvalue weighted by molar-refractivity contribution is -0.187. The SMILES string of the molecule is C[C@H]1CCCN(C(=O)C(F)(F)F)C1. The van der Waals surface area contributed by atoms with Crippen LogP contribution in [0, 0.1) is 5.92 Å². The van der Waals surface area contributed by atoms with Gasteiger partial charge in [-0.2, -0.15) is 13.2 Å². The molecule has 76 valence electrons. The summed E-state index contributed by atoms with van der Waals surface area (Å²) in [6.45, 7) is 2.33. The first-order chi connectivity index (χ1) is 5.91. The topological polar surface area (TPSA) is 20.3 Å². The van der Waals surface area contributed by atoms with E-state index in [-0.39, 0.29) is 19.0 Å². The van der Waals surface area contributed by atoms with Gasteiger partial charge in [-0.3, -0.25) is 4.79 Å². The highest BCUT2D eigenvalue weighted by atomic mass is 19.4. The van der Waals surface area contributed by atoms with E-state index in [1.807, 2.05) is 6.92 Å². The van der Waals surface area contributed by atoms with Crippen molar-refractivity contribution in [2.45, 2.75) is 25.9 Å². The maximum absolute atomic E-state index is 12.0. The van der Waals surface area contributed by atoms with Gasteiger partial charge in [-0.15, -0.1) is 0 Å². The van der Waals surface area contributed by atoms with E-state index in [2.05, 4.69) is 0 Å². The van der Waals surface area contributed by atoms with E-state index < -0.39 is 12.1 Å². The van der Waals surface area contributed by atoms with Crippen LogP contribution in [0.2, 0.25) is 0 Å². The number of rotatable bonds is 0. The van der Waals surface area contributed by atoms with Crippen LogP contribution in [0.5, 0.6) is 0 Å². The highest BCUT2D eigenvalue weighted by Crippen LogP contribution is 2.23. The normalized spacial score (nSPS) is 24.6. The molecule has 1 aliphatic heterocycles. The fourth-order valence-corrected chi connectivity index (χ4v) is 1.55. The minimum atomic E-state index is -4.71. The molecule has 0 aromatic carbocycles. The highest BCUT2D eigenvalue weighted by Gasteiger charge is 2.43. The smallest absolute Gasteiger partial charge is 0.335 e. The molecule has 0 unspecified atom stereocenters. The number of likely N-dealkylation sites (tertiary alicyclic amines) is 1. The molecule has 0 N–H and O–H groups in total. The average molecular weight is 195 g/mol. The first-order valence-electron chi connectivity index (χ1n) is 4.27. The number of piperidine rings is 1. The third kappa shape index (κ3) is 2.60. The molecule has 0 radical (unpaired) electrons. The molecule has 0 saturated carbocycles. The number of hydrogen-bond donors (Lipinski definition) is 0. The van der Waals surface area contributed by atoms with Gasteiger partial charge in [0.05, 0.1) is 0 Å². The molecule has 1 atom stereocenters. The molecule has 0 aliphatic carbocycles. The van der Waals surface area contributed by atoms with Gasteiger partial charge < -0.3 is 4.90 Å². The molecule has 5 heteroatoms.